The summed E-state index contributed by atoms with van der Waals surface area (Å²) in [4.78, 5) is 11.9. The first-order chi connectivity index (χ1) is 8.47. The van der Waals surface area contributed by atoms with Gasteiger partial charge in [-0.05, 0) is 37.1 Å². The van der Waals surface area contributed by atoms with Gasteiger partial charge in [0.2, 0.25) is 5.91 Å². The second-order valence-corrected chi connectivity index (χ2v) is 7.99. The second kappa shape index (κ2) is 5.25. The van der Waals surface area contributed by atoms with Crippen LogP contribution in [0.3, 0.4) is 0 Å². The van der Waals surface area contributed by atoms with Crippen molar-refractivity contribution >= 4 is 31.9 Å². The van der Waals surface area contributed by atoms with Crippen molar-refractivity contribution in [3.05, 3.63) is 27.7 Å². The molecular formula is C13H18BrNO3S. The molecule has 1 aromatic rings. The maximum atomic E-state index is 12.2. The Bertz CT molecular complexity index is 616. The SMILES string of the molecule is Cc1c(Br)ccc(S(=O)(=O)NC(=O)C(C)(C)C)c1C. The van der Waals surface area contributed by atoms with E-state index in [4.69, 9.17) is 0 Å². The van der Waals surface area contributed by atoms with Crippen LogP contribution in [0.2, 0.25) is 0 Å². The summed E-state index contributed by atoms with van der Waals surface area (Å²) < 4.78 is 27.4. The number of nitrogens with one attached hydrogen (secondary N) is 1. The molecule has 19 heavy (non-hydrogen) atoms. The number of rotatable bonds is 2. The zero-order valence-corrected chi connectivity index (χ0v) is 14.1. The van der Waals surface area contributed by atoms with E-state index < -0.39 is 21.3 Å². The van der Waals surface area contributed by atoms with Crippen LogP contribution in [-0.4, -0.2) is 14.3 Å². The lowest BCUT2D eigenvalue weighted by molar-refractivity contribution is -0.126. The quantitative estimate of drug-likeness (QED) is 0.894. The van der Waals surface area contributed by atoms with E-state index in [2.05, 4.69) is 20.7 Å². The fraction of sp³-hybridized carbons (Fsp3) is 0.462. The third kappa shape index (κ3) is 3.57. The number of amides is 1. The van der Waals surface area contributed by atoms with Crippen LogP contribution in [0.4, 0.5) is 0 Å². The molecule has 0 aliphatic heterocycles. The molecule has 0 atom stereocenters. The highest BCUT2D eigenvalue weighted by molar-refractivity contribution is 9.10. The van der Waals surface area contributed by atoms with Gasteiger partial charge in [0.05, 0.1) is 4.90 Å². The average molecular weight is 348 g/mol. The van der Waals surface area contributed by atoms with Crippen molar-refractivity contribution in [1.29, 1.82) is 0 Å². The van der Waals surface area contributed by atoms with Gasteiger partial charge in [0.1, 0.15) is 0 Å². The smallest absolute Gasteiger partial charge is 0.264 e. The Labute approximate surface area is 122 Å². The number of hydrogen-bond donors (Lipinski definition) is 1. The Morgan fingerprint density at radius 1 is 1.16 bits per heavy atom. The topological polar surface area (TPSA) is 63.2 Å². The maximum Gasteiger partial charge on any atom is 0.264 e. The van der Waals surface area contributed by atoms with Crippen molar-refractivity contribution < 1.29 is 13.2 Å². The lowest BCUT2D eigenvalue weighted by Crippen LogP contribution is -2.39. The Hall–Kier alpha value is -0.880. The fourth-order valence-electron chi connectivity index (χ4n) is 1.38. The first kappa shape index (κ1) is 16.2. The van der Waals surface area contributed by atoms with E-state index in [0.717, 1.165) is 10.0 Å². The third-order valence-electron chi connectivity index (χ3n) is 2.87. The molecule has 0 spiro atoms. The molecule has 4 nitrogen and oxygen atoms in total. The minimum atomic E-state index is -3.83. The first-order valence-corrected chi connectivity index (χ1v) is 8.07. The molecule has 0 heterocycles. The van der Waals surface area contributed by atoms with Crippen LogP contribution < -0.4 is 4.72 Å². The van der Waals surface area contributed by atoms with Gasteiger partial charge in [-0.1, -0.05) is 36.7 Å². The molecule has 1 amide bonds. The highest BCUT2D eigenvalue weighted by atomic mass is 79.9. The number of carbonyl (C=O) groups is 1. The van der Waals surface area contributed by atoms with Gasteiger partial charge in [-0.15, -0.1) is 0 Å². The molecule has 106 valence electrons. The van der Waals surface area contributed by atoms with Gasteiger partial charge in [-0.2, -0.15) is 0 Å². The van der Waals surface area contributed by atoms with Crippen molar-refractivity contribution in [2.45, 2.75) is 39.5 Å². The minimum absolute atomic E-state index is 0.130. The Morgan fingerprint density at radius 3 is 2.16 bits per heavy atom. The first-order valence-electron chi connectivity index (χ1n) is 5.80. The van der Waals surface area contributed by atoms with E-state index in [0.29, 0.717) is 5.56 Å². The predicted molar refractivity (Wildman–Crippen MR) is 78.4 cm³/mol. The molecule has 1 rings (SSSR count). The van der Waals surface area contributed by atoms with E-state index in [9.17, 15) is 13.2 Å². The van der Waals surface area contributed by atoms with E-state index >= 15 is 0 Å². The van der Waals surface area contributed by atoms with Crippen molar-refractivity contribution in [1.82, 2.24) is 4.72 Å². The minimum Gasteiger partial charge on any atom is -0.273 e. The van der Waals surface area contributed by atoms with Crippen LogP contribution in [-0.2, 0) is 14.8 Å². The fourth-order valence-corrected chi connectivity index (χ4v) is 3.28. The standard InChI is InChI=1S/C13H18BrNO3S/c1-8-9(2)11(7-6-10(8)14)19(17,18)15-12(16)13(3,4)5/h6-7H,1-5H3,(H,15,16). The molecule has 0 aliphatic carbocycles. The molecule has 0 saturated carbocycles. The van der Waals surface area contributed by atoms with Crippen LogP contribution >= 0.6 is 15.9 Å². The summed E-state index contributed by atoms with van der Waals surface area (Å²) in [5.41, 5.74) is 0.709. The number of hydrogen-bond acceptors (Lipinski definition) is 3. The summed E-state index contributed by atoms with van der Waals surface area (Å²) in [5.74, 6) is -0.521. The van der Waals surface area contributed by atoms with Gasteiger partial charge in [-0.3, -0.25) is 4.79 Å². The van der Waals surface area contributed by atoms with Crippen LogP contribution in [0.25, 0.3) is 0 Å². The van der Waals surface area contributed by atoms with Crippen LogP contribution in [0.5, 0.6) is 0 Å². The molecule has 0 unspecified atom stereocenters. The molecule has 1 aromatic carbocycles. The maximum absolute atomic E-state index is 12.2. The summed E-state index contributed by atoms with van der Waals surface area (Å²) in [6.45, 7) is 8.53. The van der Waals surface area contributed by atoms with Gasteiger partial charge >= 0.3 is 0 Å². The molecule has 1 N–H and O–H groups in total. The monoisotopic (exact) mass is 347 g/mol. The summed E-state index contributed by atoms with van der Waals surface area (Å²) in [6.07, 6.45) is 0. The molecule has 0 saturated heterocycles. The summed E-state index contributed by atoms with van der Waals surface area (Å²) >= 11 is 3.35. The van der Waals surface area contributed by atoms with Crippen LogP contribution in [0.1, 0.15) is 31.9 Å². The zero-order chi connectivity index (χ0) is 15.0. The largest absolute Gasteiger partial charge is 0.273 e. The number of halogens is 1. The Morgan fingerprint density at radius 2 is 1.68 bits per heavy atom. The van der Waals surface area contributed by atoms with Gasteiger partial charge in [0.25, 0.3) is 10.0 Å². The van der Waals surface area contributed by atoms with Crippen molar-refractivity contribution in [2.75, 3.05) is 0 Å². The van der Waals surface area contributed by atoms with Crippen molar-refractivity contribution in [3.8, 4) is 0 Å². The summed E-state index contributed by atoms with van der Waals surface area (Å²) in [5, 5.41) is 0. The zero-order valence-electron chi connectivity index (χ0n) is 11.7. The van der Waals surface area contributed by atoms with E-state index in [1.54, 1.807) is 33.8 Å². The summed E-state index contributed by atoms with van der Waals surface area (Å²) in [6, 6.07) is 3.16. The summed E-state index contributed by atoms with van der Waals surface area (Å²) in [7, 11) is -3.83. The molecule has 0 aliphatic rings. The molecular weight excluding hydrogens is 330 g/mol. The molecule has 0 fully saturated rings. The predicted octanol–water partition coefficient (Wildman–Crippen LogP) is 2.92. The molecule has 0 aromatic heterocycles. The number of benzene rings is 1. The molecule has 0 radical (unpaired) electrons. The van der Waals surface area contributed by atoms with E-state index in [1.807, 2.05) is 6.92 Å². The van der Waals surface area contributed by atoms with Gasteiger partial charge in [0.15, 0.2) is 0 Å². The Kier molecular flexibility index (Phi) is 4.47. The average Bonchev–Trinajstić information content (AvgIpc) is 2.23. The number of sulfonamides is 1. The lowest BCUT2D eigenvalue weighted by atomic mass is 9.96. The van der Waals surface area contributed by atoms with Crippen LogP contribution in [0.15, 0.2) is 21.5 Å². The van der Waals surface area contributed by atoms with E-state index in [1.165, 1.54) is 6.07 Å². The molecule has 0 bridgehead atoms. The third-order valence-corrected chi connectivity index (χ3v) is 5.20. The van der Waals surface area contributed by atoms with Crippen LogP contribution in [0, 0.1) is 19.3 Å². The van der Waals surface area contributed by atoms with Gasteiger partial charge in [0, 0.05) is 9.89 Å². The van der Waals surface area contributed by atoms with Crippen molar-refractivity contribution in [3.63, 3.8) is 0 Å². The van der Waals surface area contributed by atoms with Gasteiger partial charge < -0.3 is 0 Å². The second-order valence-electron chi connectivity index (χ2n) is 5.48. The van der Waals surface area contributed by atoms with Gasteiger partial charge in [-0.25, -0.2) is 13.1 Å². The Balaban J connectivity index is 3.23. The highest BCUT2D eigenvalue weighted by Gasteiger charge is 2.28. The lowest BCUT2D eigenvalue weighted by Gasteiger charge is -2.19. The normalized spacial score (nSPS) is 12.3. The van der Waals surface area contributed by atoms with Crippen molar-refractivity contribution in [2.24, 2.45) is 5.41 Å². The number of carbonyl (C=O) groups excluding carboxylic acids is 1. The van der Waals surface area contributed by atoms with E-state index in [-0.39, 0.29) is 4.90 Å². The highest BCUT2D eigenvalue weighted by Crippen LogP contribution is 2.26. The molecule has 6 heteroatoms.